The monoisotopic (exact) mass is 501 g/mol. The number of hydrogen-bond donors (Lipinski definition) is 3. The maximum absolute atomic E-state index is 13.3. The van der Waals surface area contributed by atoms with Gasteiger partial charge in [0.25, 0.3) is 0 Å². The molecule has 35 heavy (non-hydrogen) atoms. The Hall–Kier alpha value is -3.02. The Morgan fingerprint density at radius 2 is 1.49 bits per heavy atom. The first kappa shape index (κ1) is 26.6. The van der Waals surface area contributed by atoms with Crippen molar-refractivity contribution in [1.82, 2.24) is 0 Å². The number of fused-ring (bicyclic) bond motifs is 2. The summed E-state index contributed by atoms with van der Waals surface area (Å²) >= 11 is 0. The van der Waals surface area contributed by atoms with Crippen LogP contribution in [0, 0.1) is 0 Å². The number of carbonyl (C=O) groups excluding carboxylic acids is 3. The van der Waals surface area contributed by atoms with Crippen LogP contribution >= 0.6 is 0 Å². The molecule has 1 aliphatic carbocycles. The third kappa shape index (κ3) is 5.16. The summed E-state index contributed by atoms with van der Waals surface area (Å²) in [4.78, 5) is 37.4. The topological polar surface area (TPSA) is 158 Å². The average molecular weight is 501 g/mol. The smallest absolute Gasteiger partial charge is 0.744 e. The van der Waals surface area contributed by atoms with Crippen molar-refractivity contribution in [3.05, 3.63) is 76.9 Å². The molecular weight excluding hydrogens is 481 g/mol. The van der Waals surface area contributed by atoms with Gasteiger partial charge in [-0.2, -0.15) is 0 Å². The number of hydrogen-bond acceptors (Lipinski definition) is 8. The van der Waals surface area contributed by atoms with Crippen LogP contribution in [0.15, 0.2) is 59.5 Å². The number of ketones is 2. The zero-order chi connectivity index (χ0) is 24.6. The molecule has 0 unspecified atom stereocenters. The fourth-order valence-corrected chi connectivity index (χ4v) is 4.48. The molecule has 0 heterocycles. The second kappa shape index (κ2) is 10.3. The van der Waals surface area contributed by atoms with E-state index in [1.54, 1.807) is 36.4 Å². The fourth-order valence-electron chi connectivity index (χ4n) is 3.84. The van der Waals surface area contributed by atoms with Gasteiger partial charge in [-0.05, 0) is 36.8 Å². The first-order valence-electron chi connectivity index (χ1n) is 10.4. The molecule has 4 N–H and O–H groups in total. The van der Waals surface area contributed by atoms with Gasteiger partial charge in [0.1, 0.15) is 10.1 Å². The molecule has 1 aliphatic rings. The van der Waals surface area contributed by atoms with Crippen LogP contribution in [0.2, 0.25) is 0 Å². The van der Waals surface area contributed by atoms with E-state index in [0.717, 1.165) is 6.07 Å². The van der Waals surface area contributed by atoms with E-state index in [9.17, 15) is 27.4 Å². The Kier molecular flexibility index (Phi) is 7.83. The molecule has 0 saturated carbocycles. The number of nitrogen functional groups attached to an aromatic ring is 1. The van der Waals surface area contributed by atoms with E-state index in [1.807, 2.05) is 6.92 Å². The van der Waals surface area contributed by atoms with Gasteiger partial charge in [-0.1, -0.05) is 31.2 Å². The van der Waals surface area contributed by atoms with E-state index >= 15 is 0 Å². The molecule has 0 radical (unpaired) electrons. The van der Waals surface area contributed by atoms with Gasteiger partial charge in [0.05, 0.1) is 27.4 Å². The van der Waals surface area contributed by atoms with Gasteiger partial charge >= 0.3 is 29.6 Å². The normalized spacial score (nSPS) is 12.3. The van der Waals surface area contributed by atoms with Crippen LogP contribution in [-0.4, -0.2) is 30.4 Å². The van der Waals surface area contributed by atoms with Crippen molar-refractivity contribution in [2.45, 2.75) is 24.7 Å². The maximum Gasteiger partial charge on any atom is 1.00 e. The second-order valence-corrected chi connectivity index (χ2v) is 9.09. The summed E-state index contributed by atoms with van der Waals surface area (Å²) in [7, 11) is -5.05. The number of rotatable bonds is 6. The summed E-state index contributed by atoms with van der Waals surface area (Å²) < 4.78 is 35.6. The third-order valence-corrected chi connectivity index (χ3v) is 6.27. The number of benzene rings is 3. The molecule has 0 fully saturated rings. The summed E-state index contributed by atoms with van der Waals surface area (Å²) in [5, 5.41) is 5.66. The van der Waals surface area contributed by atoms with E-state index in [0.29, 0.717) is 24.2 Å². The fraction of sp³-hybridized carbons (Fsp3) is 0.125. The van der Waals surface area contributed by atoms with Gasteiger partial charge in [0.15, 0.2) is 11.6 Å². The van der Waals surface area contributed by atoms with E-state index < -0.39 is 32.3 Å². The van der Waals surface area contributed by atoms with Crippen LogP contribution in [0.5, 0.6) is 0 Å². The molecule has 0 bridgehead atoms. The van der Waals surface area contributed by atoms with Crippen molar-refractivity contribution in [3.8, 4) is 0 Å². The van der Waals surface area contributed by atoms with E-state index in [4.69, 9.17) is 5.73 Å². The molecule has 0 aliphatic heterocycles. The zero-order valence-electron chi connectivity index (χ0n) is 19.0. The van der Waals surface area contributed by atoms with E-state index in [1.165, 1.54) is 12.1 Å². The van der Waals surface area contributed by atoms with Crippen LogP contribution in [0.4, 0.5) is 22.7 Å². The zero-order valence-corrected chi connectivity index (χ0v) is 21.9. The molecule has 11 heteroatoms. The van der Waals surface area contributed by atoms with Crippen LogP contribution < -0.4 is 45.9 Å². The minimum atomic E-state index is -5.05. The van der Waals surface area contributed by atoms with Crippen LogP contribution in [-0.2, 0) is 14.9 Å². The first-order valence-corrected chi connectivity index (χ1v) is 11.8. The number of carbonyl (C=O) groups is 3. The summed E-state index contributed by atoms with van der Waals surface area (Å²) in [5.74, 6) is -1.31. The summed E-state index contributed by atoms with van der Waals surface area (Å²) in [5.41, 5.74) is 6.08. The van der Waals surface area contributed by atoms with Crippen LogP contribution in [0.3, 0.4) is 0 Å². The maximum atomic E-state index is 13.3. The Bertz CT molecular complexity index is 1450. The van der Waals surface area contributed by atoms with Crippen molar-refractivity contribution < 1.29 is 56.9 Å². The molecule has 9 nitrogen and oxygen atoms in total. The summed E-state index contributed by atoms with van der Waals surface area (Å²) in [6, 6.07) is 13.5. The van der Waals surface area contributed by atoms with Crippen molar-refractivity contribution in [3.63, 3.8) is 0 Å². The predicted octanol–water partition coefficient (Wildman–Crippen LogP) is 0.435. The Morgan fingerprint density at radius 3 is 2.03 bits per heavy atom. The standard InChI is InChI=1S/C24H21N3O6S.Na/c1-2-5-19(28)27-14-10-8-13(9-11-14)26-17-12-18(34(31,32)33)22(25)21-20(17)23(29)15-6-3-4-7-16(15)24(21)30;/h3-4,6-12,26H,2,5,25H2,1H3,(H,27,28)(H,31,32,33);/q;+1/p-1. The number of anilines is 4. The average Bonchev–Trinajstić information content (AvgIpc) is 2.79. The SMILES string of the molecule is CCCC(=O)Nc1ccc(Nc2cc(S(=O)(=O)[O-])c(N)c3c2C(=O)c2ccccc2C3=O)cc1.[Na+]. The number of nitrogens with one attached hydrogen (secondary N) is 2. The van der Waals surface area contributed by atoms with Gasteiger partial charge in [0, 0.05) is 28.9 Å². The van der Waals surface area contributed by atoms with Crippen LogP contribution in [0.25, 0.3) is 0 Å². The molecule has 3 aromatic carbocycles. The predicted molar refractivity (Wildman–Crippen MR) is 125 cm³/mol. The molecule has 0 aromatic heterocycles. The van der Waals surface area contributed by atoms with Gasteiger partial charge in [-0.15, -0.1) is 0 Å². The van der Waals surface area contributed by atoms with Crippen LogP contribution in [0.1, 0.15) is 51.6 Å². The van der Waals surface area contributed by atoms with E-state index in [2.05, 4.69) is 10.6 Å². The largest absolute Gasteiger partial charge is 1.00 e. The molecule has 0 atom stereocenters. The summed E-state index contributed by atoms with van der Waals surface area (Å²) in [6.07, 6.45) is 1.08. The van der Waals surface area contributed by atoms with Gasteiger partial charge in [0.2, 0.25) is 5.91 Å². The van der Waals surface area contributed by atoms with Crippen molar-refractivity contribution in [2.75, 3.05) is 16.4 Å². The first-order chi connectivity index (χ1) is 16.1. The molecule has 3 aromatic rings. The molecular formula is C24H20N3NaO6S. The number of amides is 1. The molecule has 0 saturated heterocycles. The van der Waals surface area contributed by atoms with Crippen molar-refractivity contribution >= 4 is 50.3 Å². The minimum absolute atomic E-state index is 0. The number of nitrogens with two attached hydrogens (primary N) is 1. The van der Waals surface area contributed by atoms with Crippen molar-refractivity contribution in [2.24, 2.45) is 0 Å². The summed E-state index contributed by atoms with van der Waals surface area (Å²) in [6.45, 7) is 1.89. The van der Waals surface area contributed by atoms with Gasteiger partial charge in [-0.25, -0.2) is 8.42 Å². The van der Waals surface area contributed by atoms with Crippen molar-refractivity contribution in [1.29, 1.82) is 0 Å². The molecule has 174 valence electrons. The second-order valence-electron chi connectivity index (χ2n) is 7.74. The quantitative estimate of drug-likeness (QED) is 0.195. The molecule has 4 rings (SSSR count). The third-order valence-electron chi connectivity index (χ3n) is 5.39. The molecule has 0 spiro atoms. The Balaban J connectivity index is 0.00000342. The minimum Gasteiger partial charge on any atom is -0.744 e. The Labute approximate surface area is 224 Å². The van der Waals surface area contributed by atoms with E-state index in [-0.39, 0.29) is 63.4 Å². The van der Waals surface area contributed by atoms with Gasteiger partial charge in [-0.3, -0.25) is 14.4 Å². The van der Waals surface area contributed by atoms with Gasteiger partial charge < -0.3 is 20.9 Å². The molecule has 1 amide bonds. The Morgan fingerprint density at radius 1 is 0.943 bits per heavy atom.